The van der Waals surface area contributed by atoms with Gasteiger partial charge in [0.2, 0.25) is 0 Å². The van der Waals surface area contributed by atoms with Gasteiger partial charge in [-0.05, 0) is 64.2 Å². The average Bonchev–Trinajstić information content (AvgIpc) is 3.25. The molecule has 0 radical (unpaired) electrons. The maximum absolute atomic E-state index is 13.5. The van der Waals surface area contributed by atoms with Gasteiger partial charge in [0.05, 0.1) is 16.7 Å². The summed E-state index contributed by atoms with van der Waals surface area (Å²) in [6.45, 7) is 8.35. The molecule has 1 atom stereocenters. The zero-order chi connectivity index (χ0) is 30.7. The average molecular weight is 626 g/mol. The van der Waals surface area contributed by atoms with Crippen molar-refractivity contribution >= 4 is 33.5 Å². The Balaban J connectivity index is 1.46. The Morgan fingerprint density at radius 3 is 2.48 bits per heavy atom. The van der Waals surface area contributed by atoms with Crippen LogP contribution >= 0.6 is 11.8 Å². The van der Waals surface area contributed by atoms with Gasteiger partial charge in [-0.1, -0.05) is 13.3 Å². The SMILES string of the molecule is CCC1CN(c2nc(-n3ccc(SCC4(C(F)(F)F)CC4)n3)ccc2C(=O)NS(=O)(=O)c2cn(C)nc2C)C(C)(C)C1. The number of sulfonamides is 1. The molecule has 3 aromatic rings. The standard InChI is InChI=1S/C27H34F3N7O3S2/c1-6-18-13-25(3,4)36(14-18)23-19(24(38)34-42(39,40)20-15-35(5)32-17(20)2)7-8-21(31-23)37-12-9-22(33-37)41-16-26(10-11-26)27(28,29)30/h7-9,12,15,18H,6,10-11,13-14,16H2,1-5H3,(H,34,38). The van der Waals surface area contributed by atoms with Crippen molar-refractivity contribution in [3.05, 3.63) is 41.9 Å². The van der Waals surface area contributed by atoms with Gasteiger partial charge in [-0.25, -0.2) is 22.8 Å². The molecule has 0 aromatic carbocycles. The van der Waals surface area contributed by atoms with Crippen LogP contribution in [0.4, 0.5) is 19.0 Å². The second kappa shape index (κ2) is 10.6. The minimum atomic E-state index is -4.24. The molecule has 1 N–H and O–H groups in total. The summed E-state index contributed by atoms with van der Waals surface area (Å²) in [6, 6.07) is 4.68. The predicted octanol–water partition coefficient (Wildman–Crippen LogP) is 4.88. The normalized spacial score (nSPS) is 19.7. The van der Waals surface area contributed by atoms with Gasteiger partial charge in [-0.3, -0.25) is 9.48 Å². The summed E-state index contributed by atoms with van der Waals surface area (Å²) < 4.78 is 71.3. The van der Waals surface area contributed by atoms with Crippen molar-refractivity contribution in [1.29, 1.82) is 0 Å². The fourth-order valence-electron chi connectivity index (χ4n) is 5.44. The number of amides is 1. The summed E-state index contributed by atoms with van der Waals surface area (Å²) in [4.78, 5) is 20.2. The van der Waals surface area contributed by atoms with E-state index in [1.165, 1.54) is 21.6 Å². The number of halogens is 3. The molecule has 15 heteroatoms. The fourth-order valence-corrected chi connectivity index (χ4v) is 7.80. The smallest absolute Gasteiger partial charge is 0.350 e. The molecule has 2 fully saturated rings. The second-order valence-corrected chi connectivity index (χ2v) is 14.4. The van der Waals surface area contributed by atoms with Crippen LogP contribution in [0.25, 0.3) is 5.82 Å². The van der Waals surface area contributed by atoms with E-state index in [1.54, 1.807) is 32.3 Å². The number of aromatic nitrogens is 5. The topological polar surface area (TPSA) is 115 Å². The summed E-state index contributed by atoms with van der Waals surface area (Å²) in [5.41, 5.74) is -1.68. The summed E-state index contributed by atoms with van der Waals surface area (Å²) in [7, 11) is -2.62. The summed E-state index contributed by atoms with van der Waals surface area (Å²) in [6.07, 6.45) is 0.731. The quantitative estimate of drug-likeness (QED) is 0.335. The minimum Gasteiger partial charge on any atom is -0.350 e. The van der Waals surface area contributed by atoms with Gasteiger partial charge >= 0.3 is 6.18 Å². The van der Waals surface area contributed by atoms with Gasteiger partial charge in [-0.2, -0.15) is 23.4 Å². The molecule has 0 bridgehead atoms. The van der Waals surface area contributed by atoms with Crippen molar-refractivity contribution in [2.75, 3.05) is 17.2 Å². The van der Waals surface area contributed by atoms with Gasteiger partial charge < -0.3 is 4.90 Å². The molecule has 2 aliphatic rings. The van der Waals surface area contributed by atoms with E-state index in [0.717, 1.165) is 24.6 Å². The highest BCUT2D eigenvalue weighted by Gasteiger charge is 2.62. The van der Waals surface area contributed by atoms with E-state index in [1.807, 2.05) is 18.7 Å². The zero-order valence-electron chi connectivity index (χ0n) is 24.1. The zero-order valence-corrected chi connectivity index (χ0v) is 25.7. The van der Waals surface area contributed by atoms with E-state index in [2.05, 4.69) is 21.8 Å². The van der Waals surface area contributed by atoms with E-state index >= 15 is 0 Å². The molecule has 1 aliphatic carbocycles. The number of aryl methyl sites for hydroxylation is 2. The van der Waals surface area contributed by atoms with Crippen LogP contribution in [0.2, 0.25) is 0 Å². The Bertz CT molecular complexity index is 1610. The lowest BCUT2D eigenvalue weighted by Gasteiger charge is -2.34. The van der Waals surface area contributed by atoms with Crippen molar-refractivity contribution < 1.29 is 26.4 Å². The maximum Gasteiger partial charge on any atom is 0.395 e. The molecule has 0 spiro atoms. The van der Waals surface area contributed by atoms with Crippen LogP contribution in [-0.4, -0.2) is 62.9 Å². The van der Waals surface area contributed by atoms with E-state index in [0.29, 0.717) is 29.1 Å². The van der Waals surface area contributed by atoms with Crippen molar-refractivity contribution in [1.82, 2.24) is 29.3 Å². The molecule has 42 heavy (non-hydrogen) atoms. The van der Waals surface area contributed by atoms with E-state index < -0.39 is 27.5 Å². The van der Waals surface area contributed by atoms with Gasteiger partial charge in [0.25, 0.3) is 15.9 Å². The van der Waals surface area contributed by atoms with Crippen molar-refractivity contribution in [3.8, 4) is 5.82 Å². The Hall–Kier alpha value is -3.07. The van der Waals surface area contributed by atoms with Crippen molar-refractivity contribution in [3.63, 3.8) is 0 Å². The second-order valence-electron chi connectivity index (χ2n) is 11.8. The molecule has 1 saturated heterocycles. The van der Waals surface area contributed by atoms with Crippen LogP contribution in [0.1, 0.15) is 62.5 Å². The first-order chi connectivity index (χ1) is 19.5. The molecule has 4 heterocycles. The third-order valence-corrected chi connectivity index (χ3v) is 10.8. The Kier molecular flexibility index (Phi) is 7.65. The van der Waals surface area contributed by atoms with Crippen LogP contribution in [0.5, 0.6) is 0 Å². The largest absolute Gasteiger partial charge is 0.395 e. The number of carbonyl (C=O) groups is 1. The number of rotatable bonds is 9. The molecular formula is C27H34F3N7O3S2. The van der Waals surface area contributed by atoms with E-state index in [-0.39, 0.29) is 40.3 Å². The molecule has 1 saturated carbocycles. The van der Waals surface area contributed by atoms with Gasteiger partial charge in [-0.15, -0.1) is 11.8 Å². The number of hydrogen-bond donors (Lipinski definition) is 1. The van der Waals surface area contributed by atoms with Crippen LogP contribution in [0, 0.1) is 18.3 Å². The Labute approximate surface area is 247 Å². The van der Waals surface area contributed by atoms with Crippen LogP contribution in [0.3, 0.4) is 0 Å². The number of nitrogens with zero attached hydrogens (tertiary/aromatic N) is 6. The fraction of sp³-hybridized carbons (Fsp3) is 0.556. The number of thioether (sulfide) groups is 1. The molecule has 1 unspecified atom stereocenters. The maximum atomic E-state index is 13.5. The van der Waals surface area contributed by atoms with Crippen LogP contribution < -0.4 is 9.62 Å². The van der Waals surface area contributed by atoms with Crippen molar-refractivity contribution in [2.45, 2.75) is 75.0 Å². The summed E-state index contributed by atoms with van der Waals surface area (Å²) in [5.74, 6) is 0.0759. The molecule has 5 rings (SSSR count). The Morgan fingerprint density at radius 1 is 1.19 bits per heavy atom. The minimum absolute atomic E-state index is 0.0799. The lowest BCUT2D eigenvalue weighted by atomic mass is 9.95. The lowest BCUT2D eigenvalue weighted by Crippen LogP contribution is -2.41. The third-order valence-electron chi connectivity index (χ3n) is 8.13. The van der Waals surface area contributed by atoms with Crippen molar-refractivity contribution in [2.24, 2.45) is 18.4 Å². The predicted molar refractivity (Wildman–Crippen MR) is 152 cm³/mol. The number of pyridine rings is 1. The third kappa shape index (κ3) is 5.77. The van der Waals surface area contributed by atoms with Gasteiger partial charge in [0.1, 0.15) is 15.7 Å². The lowest BCUT2D eigenvalue weighted by molar-refractivity contribution is -0.179. The van der Waals surface area contributed by atoms with Crippen LogP contribution in [0.15, 0.2) is 40.5 Å². The number of hydrogen-bond acceptors (Lipinski definition) is 8. The van der Waals surface area contributed by atoms with Gasteiger partial charge in [0.15, 0.2) is 5.82 Å². The molecular weight excluding hydrogens is 591 g/mol. The van der Waals surface area contributed by atoms with Gasteiger partial charge in [0, 0.05) is 37.3 Å². The molecule has 228 valence electrons. The Morgan fingerprint density at radius 2 is 1.90 bits per heavy atom. The molecule has 3 aromatic heterocycles. The summed E-state index contributed by atoms with van der Waals surface area (Å²) >= 11 is 1.05. The van der Waals surface area contributed by atoms with E-state index in [4.69, 9.17) is 4.98 Å². The van der Waals surface area contributed by atoms with E-state index in [9.17, 15) is 26.4 Å². The first-order valence-corrected chi connectivity index (χ1v) is 16.1. The molecule has 1 aliphatic heterocycles. The van der Waals surface area contributed by atoms with Crippen LogP contribution in [-0.2, 0) is 17.1 Å². The summed E-state index contributed by atoms with van der Waals surface area (Å²) in [5, 5.41) is 8.93. The monoisotopic (exact) mass is 625 g/mol. The molecule has 1 amide bonds. The number of carbonyl (C=O) groups excluding carboxylic acids is 1. The molecule has 10 nitrogen and oxygen atoms in total. The number of alkyl halides is 3. The first kappa shape index (κ1) is 30.4. The highest BCUT2D eigenvalue weighted by Crippen LogP contribution is 2.59. The highest BCUT2D eigenvalue weighted by molar-refractivity contribution is 7.99. The highest BCUT2D eigenvalue weighted by atomic mass is 32.2. The first-order valence-electron chi connectivity index (χ1n) is 13.7. The number of anilines is 1. The number of nitrogens with one attached hydrogen (secondary N) is 1.